The predicted octanol–water partition coefficient (Wildman–Crippen LogP) is 7.19. The van der Waals surface area contributed by atoms with Gasteiger partial charge in [-0.1, -0.05) is 109 Å². The molecule has 0 atom stereocenters. The van der Waals surface area contributed by atoms with Gasteiger partial charge in [-0.3, -0.25) is 0 Å². The van der Waals surface area contributed by atoms with Crippen LogP contribution in [-0.4, -0.2) is 0 Å². The molecule has 40 heavy (non-hydrogen) atoms. The Morgan fingerprint density at radius 2 is 0.425 bits per heavy atom. The molecule has 0 saturated carbocycles. The van der Waals surface area contributed by atoms with Gasteiger partial charge in [-0.25, -0.2) is 0 Å². The van der Waals surface area contributed by atoms with Crippen molar-refractivity contribution in [3.8, 4) is 33.4 Å². The Labute approximate surface area is 236 Å². The fraction of sp³-hybridized carbons (Fsp3) is 0. The van der Waals surface area contributed by atoms with E-state index in [1.807, 2.05) is 36.4 Å². The lowest BCUT2D eigenvalue weighted by Gasteiger charge is -2.21. The molecule has 0 aliphatic rings. The van der Waals surface area contributed by atoms with Crippen molar-refractivity contribution in [2.45, 2.75) is 0 Å². The van der Waals surface area contributed by atoms with Crippen molar-refractivity contribution in [3.63, 3.8) is 0 Å². The SMILES string of the molecule is Nc1ccc(-c2ccc(P(c3ccc(-c4ccc(N)cc4)cc3)c3ccc(-c4ccc(N)cc4)cc3)cc2)cc1. The Kier molecular flexibility index (Phi) is 7.06. The molecule has 0 amide bonds. The molecule has 3 nitrogen and oxygen atoms in total. The normalized spacial score (nSPS) is 11.0. The van der Waals surface area contributed by atoms with Crippen molar-refractivity contribution in [2.75, 3.05) is 17.2 Å². The van der Waals surface area contributed by atoms with E-state index in [0.717, 1.165) is 33.8 Å². The molecule has 4 heteroatoms. The summed E-state index contributed by atoms with van der Waals surface area (Å²) in [5, 5.41) is 3.90. The first-order valence-electron chi connectivity index (χ1n) is 13.2. The molecule has 0 aliphatic carbocycles. The fourth-order valence-corrected chi connectivity index (χ4v) is 7.12. The summed E-state index contributed by atoms with van der Waals surface area (Å²) in [4.78, 5) is 0. The summed E-state index contributed by atoms with van der Waals surface area (Å²) >= 11 is 0. The Bertz CT molecular complexity index is 1500. The highest BCUT2D eigenvalue weighted by atomic mass is 31.1. The maximum atomic E-state index is 5.90. The number of nitrogen functional groups attached to an aromatic ring is 3. The van der Waals surface area contributed by atoms with Crippen molar-refractivity contribution in [1.29, 1.82) is 0 Å². The summed E-state index contributed by atoms with van der Waals surface area (Å²) in [6, 6.07) is 50.9. The monoisotopic (exact) mass is 535 g/mol. The molecule has 0 spiro atoms. The van der Waals surface area contributed by atoms with Gasteiger partial charge >= 0.3 is 0 Å². The van der Waals surface area contributed by atoms with Gasteiger partial charge in [0.1, 0.15) is 0 Å². The van der Waals surface area contributed by atoms with Crippen molar-refractivity contribution in [1.82, 2.24) is 0 Å². The number of hydrogen-bond donors (Lipinski definition) is 3. The number of anilines is 3. The minimum atomic E-state index is -0.765. The molecule has 0 saturated heterocycles. The second-order valence-corrected chi connectivity index (χ2v) is 12.1. The summed E-state index contributed by atoms with van der Waals surface area (Å²) in [6.45, 7) is 0. The first-order valence-corrected chi connectivity index (χ1v) is 14.6. The summed E-state index contributed by atoms with van der Waals surface area (Å²) < 4.78 is 0. The average molecular weight is 536 g/mol. The van der Waals surface area contributed by atoms with E-state index >= 15 is 0 Å². The first-order chi connectivity index (χ1) is 19.5. The summed E-state index contributed by atoms with van der Waals surface area (Å²) in [7, 11) is -0.765. The van der Waals surface area contributed by atoms with Crippen LogP contribution in [0, 0.1) is 0 Å². The van der Waals surface area contributed by atoms with Crippen LogP contribution in [-0.2, 0) is 0 Å². The minimum Gasteiger partial charge on any atom is -0.399 e. The van der Waals surface area contributed by atoms with Crippen LogP contribution in [0.2, 0.25) is 0 Å². The van der Waals surface area contributed by atoms with E-state index in [9.17, 15) is 0 Å². The summed E-state index contributed by atoms with van der Waals surface area (Å²) in [5.41, 5.74) is 27.0. The summed E-state index contributed by atoms with van der Waals surface area (Å²) in [5.74, 6) is 0. The Hall–Kier alpha value is -4.85. The first kappa shape index (κ1) is 25.4. The van der Waals surface area contributed by atoms with Gasteiger partial charge in [-0.05, 0) is 93.6 Å². The highest BCUT2D eigenvalue weighted by Gasteiger charge is 2.17. The van der Waals surface area contributed by atoms with E-state index in [1.54, 1.807) is 0 Å². The fourth-order valence-electron chi connectivity index (χ4n) is 4.88. The molecule has 0 aromatic heterocycles. The van der Waals surface area contributed by atoms with Crippen LogP contribution in [0.4, 0.5) is 17.1 Å². The molecule has 6 aromatic rings. The highest BCUT2D eigenvalue weighted by Crippen LogP contribution is 2.35. The van der Waals surface area contributed by atoms with Crippen LogP contribution < -0.4 is 33.1 Å². The van der Waals surface area contributed by atoms with Gasteiger partial charge in [-0.2, -0.15) is 0 Å². The minimum absolute atomic E-state index is 0.765. The molecule has 0 radical (unpaired) electrons. The van der Waals surface area contributed by atoms with Gasteiger partial charge in [0.2, 0.25) is 0 Å². The van der Waals surface area contributed by atoms with E-state index in [0.29, 0.717) is 0 Å². The molecule has 0 unspecified atom stereocenters. The third-order valence-electron chi connectivity index (χ3n) is 7.11. The van der Waals surface area contributed by atoms with E-state index in [4.69, 9.17) is 17.2 Å². The van der Waals surface area contributed by atoms with Gasteiger partial charge in [0.15, 0.2) is 0 Å². The molecular weight excluding hydrogens is 505 g/mol. The lowest BCUT2D eigenvalue weighted by atomic mass is 10.1. The number of rotatable bonds is 6. The Morgan fingerprint density at radius 1 is 0.250 bits per heavy atom. The van der Waals surface area contributed by atoms with E-state index < -0.39 is 7.92 Å². The van der Waals surface area contributed by atoms with Crippen molar-refractivity contribution in [2.24, 2.45) is 0 Å². The van der Waals surface area contributed by atoms with Crippen molar-refractivity contribution >= 4 is 40.9 Å². The zero-order chi connectivity index (χ0) is 27.5. The Morgan fingerprint density at radius 3 is 0.625 bits per heavy atom. The van der Waals surface area contributed by atoms with Crippen LogP contribution in [0.25, 0.3) is 33.4 Å². The van der Waals surface area contributed by atoms with Gasteiger partial charge in [0.25, 0.3) is 0 Å². The zero-order valence-corrected chi connectivity index (χ0v) is 22.9. The highest BCUT2D eigenvalue weighted by molar-refractivity contribution is 7.79. The van der Waals surface area contributed by atoms with Gasteiger partial charge in [-0.15, -0.1) is 0 Å². The molecule has 0 bridgehead atoms. The average Bonchev–Trinajstić information content (AvgIpc) is 3.00. The van der Waals surface area contributed by atoms with Gasteiger partial charge < -0.3 is 17.2 Å². The van der Waals surface area contributed by atoms with Crippen LogP contribution in [0.15, 0.2) is 146 Å². The molecular formula is C36H30N3P. The molecule has 0 heterocycles. The lowest BCUT2D eigenvalue weighted by molar-refractivity contribution is 1.62. The van der Waals surface area contributed by atoms with E-state index in [-0.39, 0.29) is 0 Å². The lowest BCUT2D eigenvalue weighted by Crippen LogP contribution is -2.20. The number of nitrogens with two attached hydrogens (primary N) is 3. The van der Waals surface area contributed by atoms with Crippen molar-refractivity contribution < 1.29 is 0 Å². The van der Waals surface area contributed by atoms with Crippen LogP contribution in [0.3, 0.4) is 0 Å². The third-order valence-corrected chi connectivity index (χ3v) is 9.55. The third kappa shape index (κ3) is 5.47. The molecule has 194 valence electrons. The van der Waals surface area contributed by atoms with E-state index in [1.165, 1.54) is 32.6 Å². The molecule has 6 N–H and O–H groups in total. The largest absolute Gasteiger partial charge is 0.399 e. The molecule has 0 aliphatic heterocycles. The maximum absolute atomic E-state index is 5.90. The van der Waals surface area contributed by atoms with Gasteiger partial charge in [0.05, 0.1) is 0 Å². The number of benzene rings is 6. The molecule has 0 fully saturated rings. The second-order valence-electron chi connectivity index (χ2n) is 9.84. The standard InChI is InChI=1S/C36H30N3P/c37-31-13-1-25(2-14-31)28-7-19-34(20-8-28)40(35-21-9-29(10-22-35)26-3-15-32(38)16-4-26)36-23-11-30(12-24-36)27-5-17-33(39)18-6-27/h1-24H,37-39H2. The number of hydrogen-bond acceptors (Lipinski definition) is 3. The predicted molar refractivity (Wildman–Crippen MR) is 175 cm³/mol. The quantitative estimate of drug-likeness (QED) is 0.156. The smallest absolute Gasteiger partial charge is 0.0314 e. The second kappa shape index (κ2) is 11.1. The van der Waals surface area contributed by atoms with Gasteiger partial charge in [0, 0.05) is 17.1 Å². The van der Waals surface area contributed by atoms with Crippen LogP contribution in [0.5, 0.6) is 0 Å². The topological polar surface area (TPSA) is 78.1 Å². The summed E-state index contributed by atoms with van der Waals surface area (Å²) in [6.07, 6.45) is 0. The zero-order valence-electron chi connectivity index (χ0n) is 22.0. The molecule has 6 rings (SSSR count). The Balaban J connectivity index is 1.37. The van der Waals surface area contributed by atoms with E-state index in [2.05, 4.69) is 109 Å². The molecule has 6 aromatic carbocycles. The van der Waals surface area contributed by atoms with Crippen molar-refractivity contribution in [3.05, 3.63) is 146 Å². The van der Waals surface area contributed by atoms with Crippen LogP contribution in [0.1, 0.15) is 0 Å². The maximum Gasteiger partial charge on any atom is 0.0314 e. The van der Waals surface area contributed by atoms with Crippen LogP contribution >= 0.6 is 7.92 Å².